The highest BCUT2D eigenvalue weighted by Gasteiger charge is 2.24. The first-order valence-electron chi connectivity index (χ1n) is 9.45. The van der Waals surface area contributed by atoms with E-state index >= 15 is 0 Å². The van der Waals surface area contributed by atoms with Gasteiger partial charge in [-0.3, -0.25) is 9.59 Å². The molecule has 0 saturated carbocycles. The molecule has 0 aliphatic heterocycles. The van der Waals surface area contributed by atoms with Gasteiger partial charge in [-0.05, 0) is 39.2 Å². The Morgan fingerprint density at radius 3 is 2.55 bits per heavy atom. The molecular weight excluding hydrogens is 374 g/mol. The standard InChI is InChI=1S/C21H27N3O5/c1-21(2,3)29-20(27)17(25)10-9-15(22)19-24-16(13-28-19)18(26)23-12-11-14-7-5-4-6-8-14/h4-8,13,15H,9-12,22H2,1-3H3,(H,23,26)/t15-/m0/s1. The smallest absolute Gasteiger partial charge is 0.375 e. The molecule has 2 aromatic rings. The zero-order valence-electron chi connectivity index (χ0n) is 16.9. The van der Waals surface area contributed by atoms with Crippen molar-refractivity contribution in [3.8, 4) is 0 Å². The second-order valence-electron chi connectivity index (χ2n) is 7.63. The molecule has 0 radical (unpaired) electrons. The minimum atomic E-state index is -0.893. The molecule has 156 valence electrons. The summed E-state index contributed by atoms with van der Waals surface area (Å²) in [5.41, 5.74) is 6.46. The Morgan fingerprint density at radius 2 is 1.90 bits per heavy atom. The topological polar surface area (TPSA) is 125 Å². The van der Waals surface area contributed by atoms with E-state index in [0.29, 0.717) is 13.0 Å². The number of carbonyl (C=O) groups excluding carboxylic acids is 3. The third-order valence-corrected chi connectivity index (χ3v) is 3.92. The van der Waals surface area contributed by atoms with Crippen LogP contribution in [0.4, 0.5) is 0 Å². The number of amides is 1. The fourth-order valence-corrected chi connectivity index (χ4v) is 2.46. The van der Waals surface area contributed by atoms with Gasteiger partial charge in [-0.1, -0.05) is 30.3 Å². The van der Waals surface area contributed by atoms with Crippen LogP contribution in [0, 0.1) is 0 Å². The first-order valence-corrected chi connectivity index (χ1v) is 9.45. The van der Waals surface area contributed by atoms with Crippen LogP contribution < -0.4 is 11.1 Å². The fourth-order valence-electron chi connectivity index (χ4n) is 2.46. The summed E-state index contributed by atoms with van der Waals surface area (Å²) in [6.45, 7) is 5.51. The van der Waals surface area contributed by atoms with Crippen LogP contribution in [0.1, 0.15) is 61.6 Å². The third kappa shape index (κ3) is 7.50. The van der Waals surface area contributed by atoms with Crippen LogP contribution >= 0.6 is 0 Å². The number of carbonyl (C=O) groups is 3. The Balaban J connectivity index is 1.79. The van der Waals surface area contributed by atoms with Gasteiger partial charge in [0.25, 0.3) is 5.91 Å². The summed E-state index contributed by atoms with van der Waals surface area (Å²) in [6, 6.07) is 9.07. The number of nitrogens with zero attached hydrogens (tertiary/aromatic N) is 1. The second kappa shape index (κ2) is 9.97. The molecule has 0 fully saturated rings. The molecule has 2 rings (SSSR count). The number of nitrogens with one attached hydrogen (secondary N) is 1. The minimum Gasteiger partial charge on any atom is -0.454 e. The lowest BCUT2D eigenvalue weighted by molar-refractivity contribution is -0.162. The Kier molecular flexibility index (Phi) is 7.67. The normalized spacial score (nSPS) is 12.3. The lowest BCUT2D eigenvalue weighted by Crippen LogP contribution is -2.29. The molecule has 1 atom stereocenters. The quantitative estimate of drug-likeness (QED) is 0.488. The van der Waals surface area contributed by atoms with Gasteiger partial charge in [0.2, 0.25) is 11.7 Å². The van der Waals surface area contributed by atoms with Crippen molar-refractivity contribution >= 4 is 17.7 Å². The predicted molar refractivity (Wildman–Crippen MR) is 106 cm³/mol. The predicted octanol–water partition coefficient (Wildman–Crippen LogP) is 2.34. The van der Waals surface area contributed by atoms with Crippen LogP contribution in [0.2, 0.25) is 0 Å². The summed E-state index contributed by atoms with van der Waals surface area (Å²) < 4.78 is 10.3. The number of rotatable bonds is 9. The third-order valence-electron chi connectivity index (χ3n) is 3.92. The van der Waals surface area contributed by atoms with Gasteiger partial charge in [-0.25, -0.2) is 9.78 Å². The molecule has 1 heterocycles. The average molecular weight is 401 g/mol. The number of hydrogen-bond donors (Lipinski definition) is 2. The van der Waals surface area contributed by atoms with E-state index in [1.54, 1.807) is 20.8 Å². The molecular formula is C21H27N3O5. The van der Waals surface area contributed by atoms with E-state index in [4.69, 9.17) is 14.9 Å². The fraction of sp³-hybridized carbons (Fsp3) is 0.429. The van der Waals surface area contributed by atoms with Gasteiger partial charge in [-0.15, -0.1) is 0 Å². The van der Waals surface area contributed by atoms with Gasteiger partial charge in [0.05, 0.1) is 6.04 Å². The van der Waals surface area contributed by atoms with E-state index in [1.807, 2.05) is 30.3 Å². The lowest BCUT2D eigenvalue weighted by Gasteiger charge is -2.18. The van der Waals surface area contributed by atoms with Gasteiger partial charge in [0.15, 0.2) is 5.69 Å². The summed E-state index contributed by atoms with van der Waals surface area (Å²) in [4.78, 5) is 39.8. The number of nitrogens with two attached hydrogens (primary N) is 1. The molecule has 1 aromatic carbocycles. The lowest BCUT2D eigenvalue weighted by atomic mass is 10.1. The number of aromatic nitrogens is 1. The average Bonchev–Trinajstić information content (AvgIpc) is 3.15. The van der Waals surface area contributed by atoms with Crippen molar-refractivity contribution in [2.45, 2.75) is 51.7 Å². The first-order chi connectivity index (χ1) is 13.7. The summed E-state index contributed by atoms with van der Waals surface area (Å²) in [5, 5.41) is 2.77. The van der Waals surface area contributed by atoms with Gasteiger partial charge >= 0.3 is 5.97 Å². The van der Waals surface area contributed by atoms with Crippen molar-refractivity contribution in [2.24, 2.45) is 5.73 Å². The number of esters is 1. The van der Waals surface area contributed by atoms with Gasteiger partial charge in [0.1, 0.15) is 11.9 Å². The molecule has 29 heavy (non-hydrogen) atoms. The highest BCUT2D eigenvalue weighted by atomic mass is 16.6. The molecule has 0 spiro atoms. The molecule has 3 N–H and O–H groups in total. The van der Waals surface area contributed by atoms with Crippen molar-refractivity contribution in [1.29, 1.82) is 0 Å². The summed E-state index contributed by atoms with van der Waals surface area (Å²) in [7, 11) is 0. The van der Waals surface area contributed by atoms with Crippen LogP contribution in [0.15, 0.2) is 41.0 Å². The monoisotopic (exact) mass is 401 g/mol. The van der Waals surface area contributed by atoms with Crippen LogP contribution in [0.5, 0.6) is 0 Å². The van der Waals surface area contributed by atoms with Crippen LogP contribution in [-0.2, 0) is 20.7 Å². The van der Waals surface area contributed by atoms with Gasteiger partial charge < -0.3 is 20.2 Å². The number of ketones is 1. The Labute approximate surface area is 169 Å². The molecule has 0 saturated heterocycles. The van der Waals surface area contributed by atoms with E-state index in [-0.39, 0.29) is 30.3 Å². The van der Waals surface area contributed by atoms with Crippen LogP contribution in [0.3, 0.4) is 0 Å². The number of hydrogen-bond acceptors (Lipinski definition) is 7. The van der Waals surface area contributed by atoms with Gasteiger partial charge in [0, 0.05) is 13.0 Å². The molecule has 0 bridgehead atoms. The zero-order valence-corrected chi connectivity index (χ0v) is 16.9. The van der Waals surface area contributed by atoms with Crippen molar-refractivity contribution in [3.63, 3.8) is 0 Å². The SMILES string of the molecule is CC(C)(C)OC(=O)C(=O)CC[C@H](N)c1nc(C(=O)NCCc2ccccc2)co1. The number of oxazole rings is 1. The maximum absolute atomic E-state index is 12.2. The maximum atomic E-state index is 12.2. The molecule has 1 aromatic heterocycles. The van der Waals surface area contributed by atoms with Crippen molar-refractivity contribution < 1.29 is 23.5 Å². The van der Waals surface area contributed by atoms with E-state index < -0.39 is 23.4 Å². The first kappa shape index (κ1) is 22.3. The summed E-state index contributed by atoms with van der Waals surface area (Å²) >= 11 is 0. The maximum Gasteiger partial charge on any atom is 0.375 e. The van der Waals surface area contributed by atoms with E-state index in [2.05, 4.69) is 10.3 Å². The summed E-state index contributed by atoms with van der Waals surface area (Å²) in [6.07, 6.45) is 1.97. The highest BCUT2D eigenvalue weighted by molar-refractivity contribution is 6.33. The van der Waals surface area contributed by atoms with Crippen molar-refractivity contribution in [2.75, 3.05) is 6.54 Å². The van der Waals surface area contributed by atoms with Gasteiger partial charge in [-0.2, -0.15) is 0 Å². The summed E-state index contributed by atoms with van der Waals surface area (Å²) in [5.74, 6) is -1.79. The molecule has 0 aliphatic carbocycles. The number of benzene rings is 1. The van der Waals surface area contributed by atoms with E-state index in [0.717, 1.165) is 5.56 Å². The Morgan fingerprint density at radius 1 is 1.21 bits per heavy atom. The van der Waals surface area contributed by atoms with E-state index in [9.17, 15) is 14.4 Å². The Bertz CT molecular complexity index is 840. The molecule has 0 aliphatic rings. The highest BCUT2D eigenvalue weighted by Crippen LogP contribution is 2.16. The van der Waals surface area contributed by atoms with E-state index in [1.165, 1.54) is 6.26 Å². The van der Waals surface area contributed by atoms with Crippen molar-refractivity contribution in [1.82, 2.24) is 10.3 Å². The number of Topliss-reactive ketones (excluding diaryl/α,β-unsaturated/α-hetero) is 1. The largest absolute Gasteiger partial charge is 0.454 e. The molecule has 1 amide bonds. The van der Waals surface area contributed by atoms with Crippen LogP contribution in [0.25, 0.3) is 0 Å². The molecule has 8 heteroatoms. The molecule has 0 unspecified atom stereocenters. The van der Waals surface area contributed by atoms with Crippen molar-refractivity contribution in [3.05, 3.63) is 53.7 Å². The Hall–Kier alpha value is -3.00. The van der Waals surface area contributed by atoms with Crippen LogP contribution in [-0.4, -0.2) is 34.8 Å². The second-order valence-corrected chi connectivity index (χ2v) is 7.63. The minimum absolute atomic E-state index is 0.100. The zero-order chi connectivity index (χ0) is 21.4. The molecule has 8 nitrogen and oxygen atoms in total. The number of ether oxygens (including phenoxy) is 1.